The van der Waals surface area contributed by atoms with E-state index in [1.54, 1.807) is 0 Å². The van der Waals surface area contributed by atoms with Crippen molar-refractivity contribution in [1.82, 2.24) is 0 Å². The molecular formula is C40BClF28Mg. The van der Waals surface area contributed by atoms with E-state index in [0.29, 0.717) is 0 Å². The molecule has 0 aliphatic rings. The van der Waals surface area contributed by atoms with Crippen LogP contribution in [0.5, 0.6) is 0 Å². The van der Waals surface area contributed by atoms with Crippen LogP contribution >= 0.6 is 9.07 Å². The Morgan fingerprint density at radius 3 is 0.380 bits per heavy atom. The summed E-state index contributed by atoms with van der Waals surface area (Å²) in [7, 11) is 4.67. The third-order valence-corrected chi connectivity index (χ3v) is 11.2. The van der Waals surface area contributed by atoms with Crippen molar-refractivity contribution in [3.8, 4) is 0 Å². The fourth-order valence-corrected chi connectivity index (χ4v) is 8.59. The van der Waals surface area contributed by atoms with Gasteiger partial charge in [-0.15, -0.1) is 21.9 Å². The molecule has 368 valence electrons. The average molecular weight is 1080 g/mol. The molecule has 0 radical (unpaired) electrons. The van der Waals surface area contributed by atoms with Crippen LogP contribution in [-0.4, -0.2) is 26.8 Å². The first-order chi connectivity index (χ1) is 33.0. The third-order valence-electron chi connectivity index (χ3n) is 11.2. The van der Waals surface area contributed by atoms with Gasteiger partial charge in [0.05, 0.1) is 21.5 Å². The fourth-order valence-electron chi connectivity index (χ4n) is 8.59. The minimum absolute atomic E-state index is 1.33. The zero-order valence-corrected chi connectivity index (χ0v) is 34.4. The molecule has 8 rings (SSSR count). The summed E-state index contributed by atoms with van der Waals surface area (Å²) >= 11 is 1.33. The monoisotopic (exact) mass is 1080 g/mol. The van der Waals surface area contributed by atoms with Crippen molar-refractivity contribution < 1.29 is 123 Å². The van der Waals surface area contributed by atoms with Gasteiger partial charge >= 0.3 is 29.7 Å². The van der Waals surface area contributed by atoms with Crippen LogP contribution in [-0.2, 0) is 0 Å². The number of fused-ring (bicyclic) bond motifs is 4. The molecule has 8 aromatic rings. The summed E-state index contributed by atoms with van der Waals surface area (Å²) < 4.78 is 446. The predicted molar refractivity (Wildman–Crippen MR) is 191 cm³/mol. The zero-order chi connectivity index (χ0) is 53.6. The summed E-state index contributed by atoms with van der Waals surface area (Å²) in [5.41, 5.74) is -15.5. The maximum absolute atomic E-state index is 17.3. The van der Waals surface area contributed by atoms with E-state index in [-0.39, 0.29) is 0 Å². The van der Waals surface area contributed by atoms with Gasteiger partial charge in [-0.2, -0.15) is 0 Å². The van der Waals surface area contributed by atoms with E-state index < -0.39 is 234 Å². The van der Waals surface area contributed by atoms with Crippen molar-refractivity contribution in [2.75, 3.05) is 0 Å². The van der Waals surface area contributed by atoms with Gasteiger partial charge in [0.2, 0.25) is 0 Å². The number of benzene rings is 8. The fraction of sp³-hybridized carbons (Fsp3) is 0. The van der Waals surface area contributed by atoms with Gasteiger partial charge in [0.25, 0.3) is 0 Å². The Kier molecular flexibility index (Phi) is 13.1. The van der Waals surface area contributed by atoms with Crippen LogP contribution < -0.4 is 21.9 Å². The second-order valence-corrected chi connectivity index (χ2v) is 14.3. The number of halogens is 29. The molecule has 0 saturated carbocycles. The topological polar surface area (TPSA) is 0 Å². The van der Waals surface area contributed by atoms with E-state index >= 15 is 105 Å². The van der Waals surface area contributed by atoms with Gasteiger partial charge in [0.15, 0.2) is 140 Å². The van der Waals surface area contributed by atoms with Gasteiger partial charge in [-0.1, -0.05) is 0 Å². The van der Waals surface area contributed by atoms with Crippen molar-refractivity contribution in [1.29, 1.82) is 0 Å². The summed E-state index contributed by atoms with van der Waals surface area (Å²) in [5.74, 6) is -104. The Bertz CT molecular complexity index is 3260. The molecule has 0 atom stereocenters. The molecular weight excluding hydrogens is 1080 g/mol. The number of rotatable bonds is 4. The van der Waals surface area contributed by atoms with Crippen molar-refractivity contribution in [2.45, 2.75) is 0 Å². The van der Waals surface area contributed by atoms with Gasteiger partial charge in [-0.25, -0.2) is 123 Å². The summed E-state index contributed by atoms with van der Waals surface area (Å²) in [5, 5.41) is -27.0. The molecule has 8 aromatic carbocycles. The molecule has 0 aliphatic carbocycles. The van der Waals surface area contributed by atoms with Crippen LogP contribution in [0.1, 0.15) is 0 Å². The molecule has 0 bridgehead atoms. The first kappa shape index (κ1) is 52.8. The molecule has 71 heavy (non-hydrogen) atoms. The molecule has 0 amide bonds. The van der Waals surface area contributed by atoms with E-state index in [1.807, 2.05) is 0 Å². The summed E-state index contributed by atoms with van der Waals surface area (Å²) in [6.45, 7) is 0. The second kappa shape index (κ2) is 17.6. The molecule has 0 spiro atoms. The molecule has 0 N–H and O–H groups in total. The molecule has 0 aromatic heterocycles. The van der Waals surface area contributed by atoms with Crippen LogP contribution in [0.25, 0.3) is 43.1 Å². The van der Waals surface area contributed by atoms with Gasteiger partial charge in [0, 0.05) is 0 Å². The average Bonchev–Trinajstić information content (AvgIpc) is 3.34. The molecule has 0 nitrogen and oxygen atoms in total. The van der Waals surface area contributed by atoms with E-state index in [2.05, 4.69) is 9.07 Å². The molecule has 31 heteroatoms. The van der Waals surface area contributed by atoms with Crippen LogP contribution in [0, 0.1) is 163 Å². The standard InChI is InChI=1S/C40BF28.ClH.Mg/c42-13-1-5(21(50)37(66)33(13)62)17(46)29(58)25(54)9(1)41(10-2-6(18(47)30(59)26(10)55)22(51)38(67)34(63)14(2)43,11-3-7(19(48)31(60)27(11)56)23(52)39(68)35(64)15(3)44)12-4-8(20(49)32(61)28(12)57)24(53)40(69)36(65)16(4)45;;/h;1H;/q-1;;+2/p-1. The van der Waals surface area contributed by atoms with Crippen LogP contribution in [0.15, 0.2) is 0 Å². The maximum atomic E-state index is 17.3. The second-order valence-electron chi connectivity index (χ2n) is 14.3. The Morgan fingerprint density at radius 1 is 0.155 bits per heavy atom. The first-order valence-electron chi connectivity index (χ1n) is 17.7. The predicted octanol–water partition coefficient (Wildman–Crippen LogP) is 11.9. The quantitative estimate of drug-likeness (QED) is 0.0713. The van der Waals surface area contributed by atoms with E-state index in [0.717, 1.165) is 0 Å². The Balaban J connectivity index is 0.00000366. The Morgan fingerprint density at radius 2 is 0.254 bits per heavy atom. The van der Waals surface area contributed by atoms with Crippen LogP contribution in [0.2, 0.25) is 0 Å². The summed E-state index contributed by atoms with van der Waals surface area (Å²) in [6, 6.07) is 0. The van der Waals surface area contributed by atoms with Crippen molar-refractivity contribution >= 4 is 101 Å². The molecule has 0 unspecified atom stereocenters. The third kappa shape index (κ3) is 6.53. The molecule has 0 heterocycles. The van der Waals surface area contributed by atoms with Gasteiger partial charge in [0.1, 0.15) is 29.4 Å². The summed E-state index contributed by atoms with van der Waals surface area (Å²) in [4.78, 5) is 0. The molecule has 0 aliphatic heterocycles. The van der Waals surface area contributed by atoms with E-state index in [4.69, 9.17) is 0 Å². The molecule has 0 saturated heterocycles. The Labute approximate surface area is 385 Å². The van der Waals surface area contributed by atoms with E-state index in [9.17, 15) is 17.6 Å². The zero-order valence-electron chi connectivity index (χ0n) is 32.2. The Hall–Kier alpha value is -6.04. The van der Waals surface area contributed by atoms with Gasteiger partial charge < -0.3 is 0 Å². The van der Waals surface area contributed by atoms with Gasteiger partial charge in [-0.05, 0) is 21.5 Å². The SMILES string of the molecule is Fc1c(F)c(F)c2c([B-](c3c(F)c(F)c(F)c4c(F)c(F)c(F)c(F)c34)(c3c(F)c(F)c(F)c4c(F)c(F)c(F)c(F)c34)c3c(F)c(F)c(F)c4c(F)c(F)c(F)c(F)c34)c(F)c(F)c(F)c2c1F.[Mg+][Cl]. The van der Waals surface area contributed by atoms with Crippen molar-refractivity contribution in [2.24, 2.45) is 0 Å². The van der Waals surface area contributed by atoms with Crippen molar-refractivity contribution in [3.05, 3.63) is 163 Å². The number of hydrogen-bond donors (Lipinski definition) is 0. The van der Waals surface area contributed by atoms with E-state index in [1.165, 1.54) is 20.6 Å². The van der Waals surface area contributed by atoms with Gasteiger partial charge in [-0.3, -0.25) is 0 Å². The molecule has 0 fully saturated rings. The number of hydrogen-bond acceptors (Lipinski definition) is 0. The first-order valence-corrected chi connectivity index (χ1v) is 19.9. The minimum atomic E-state index is -8.05. The normalized spacial score (nSPS) is 12.1. The van der Waals surface area contributed by atoms with Crippen molar-refractivity contribution in [3.63, 3.8) is 0 Å². The van der Waals surface area contributed by atoms with Crippen LogP contribution in [0.3, 0.4) is 0 Å². The summed E-state index contributed by atoms with van der Waals surface area (Å²) in [6.07, 6.45) is -8.05. The van der Waals surface area contributed by atoms with Crippen LogP contribution in [0.4, 0.5) is 123 Å².